The van der Waals surface area contributed by atoms with Crippen LogP contribution in [-0.4, -0.2) is 61.6 Å². The fourth-order valence-electron chi connectivity index (χ4n) is 3.48. The van der Waals surface area contributed by atoms with Gasteiger partial charge in [0.05, 0.1) is 5.56 Å². The zero-order valence-electron chi connectivity index (χ0n) is 17.9. The Morgan fingerprint density at radius 3 is 2.63 bits per heavy atom. The molecule has 0 aromatic heterocycles. The van der Waals surface area contributed by atoms with Gasteiger partial charge in [0.2, 0.25) is 0 Å². The van der Waals surface area contributed by atoms with E-state index in [0.717, 1.165) is 63.8 Å². The number of alkyl halides is 3. The lowest BCUT2D eigenvalue weighted by Gasteiger charge is -2.24. The Hall–Kier alpha value is -1.47. The summed E-state index contributed by atoms with van der Waals surface area (Å²) in [4.78, 5) is 9.25. The van der Waals surface area contributed by atoms with Crippen LogP contribution in [0.2, 0.25) is 0 Å². The van der Waals surface area contributed by atoms with Crippen LogP contribution in [0, 0.1) is 17.8 Å². The molecule has 168 valence electrons. The number of hydrogen-bond acceptors (Lipinski definition) is 2. The average molecular weight is 536 g/mol. The number of rotatable bonds is 6. The predicted molar refractivity (Wildman–Crippen MR) is 127 cm³/mol. The minimum atomic E-state index is -4.36. The molecule has 1 N–H and O–H groups in total. The molecule has 0 amide bonds. The molecule has 0 aliphatic carbocycles. The monoisotopic (exact) mass is 536 g/mol. The molecule has 0 bridgehead atoms. The first kappa shape index (κ1) is 26.6. The van der Waals surface area contributed by atoms with E-state index < -0.39 is 11.7 Å². The van der Waals surface area contributed by atoms with Crippen molar-refractivity contribution < 1.29 is 13.2 Å². The number of nitrogens with zero attached hydrogens (tertiary/aromatic N) is 3. The first-order valence-corrected chi connectivity index (χ1v) is 10.3. The summed E-state index contributed by atoms with van der Waals surface area (Å²) in [7, 11) is 0. The summed E-state index contributed by atoms with van der Waals surface area (Å²) in [6.07, 6.45) is -3.22. The zero-order chi connectivity index (χ0) is 21.3. The highest BCUT2D eigenvalue weighted by Gasteiger charge is 2.30. The van der Waals surface area contributed by atoms with Gasteiger partial charge in [-0.2, -0.15) is 13.2 Å². The first-order chi connectivity index (χ1) is 13.9. The highest BCUT2D eigenvalue weighted by Crippen LogP contribution is 2.29. The summed E-state index contributed by atoms with van der Waals surface area (Å²) in [5.41, 5.74) is -0.335. The van der Waals surface area contributed by atoms with Crippen molar-refractivity contribution in [1.29, 1.82) is 0 Å². The molecule has 1 aliphatic heterocycles. The van der Waals surface area contributed by atoms with Crippen molar-refractivity contribution in [3.8, 4) is 11.8 Å². The van der Waals surface area contributed by atoms with E-state index in [1.807, 2.05) is 6.92 Å². The largest absolute Gasteiger partial charge is 0.416 e. The quantitative estimate of drug-likeness (QED) is 0.255. The van der Waals surface area contributed by atoms with Gasteiger partial charge in [0, 0.05) is 31.7 Å². The Kier molecular flexibility index (Phi) is 11.6. The zero-order valence-corrected chi connectivity index (χ0v) is 20.3. The number of nitrogens with one attached hydrogen (secondary N) is 1. The van der Waals surface area contributed by atoms with Crippen LogP contribution in [-0.2, 0) is 6.18 Å². The van der Waals surface area contributed by atoms with E-state index in [1.54, 1.807) is 6.07 Å². The molecule has 0 spiro atoms. The van der Waals surface area contributed by atoms with Gasteiger partial charge in [-0.15, -0.1) is 24.0 Å². The van der Waals surface area contributed by atoms with Crippen LogP contribution in [0.5, 0.6) is 0 Å². The molecule has 0 saturated carbocycles. The Morgan fingerprint density at radius 1 is 1.27 bits per heavy atom. The van der Waals surface area contributed by atoms with Crippen molar-refractivity contribution in [3.05, 3.63) is 35.4 Å². The maximum Gasteiger partial charge on any atom is 0.416 e. The second-order valence-electron chi connectivity index (χ2n) is 7.14. The van der Waals surface area contributed by atoms with Crippen LogP contribution in [0.15, 0.2) is 29.3 Å². The highest BCUT2D eigenvalue weighted by molar-refractivity contribution is 14.0. The van der Waals surface area contributed by atoms with Gasteiger partial charge in [-0.25, -0.2) is 4.99 Å². The molecule has 1 aromatic carbocycles. The second-order valence-corrected chi connectivity index (χ2v) is 7.14. The van der Waals surface area contributed by atoms with Crippen LogP contribution in [0.1, 0.15) is 38.3 Å². The van der Waals surface area contributed by atoms with E-state index in [9.17, 15) is 13.2 Å². The third kappa shape index (κ3) is 8.34. The first-order valence-electron chi connectivity index (χ1n) is 10.3. The molecule has 1 unspecified atom stereocenters. The van der Waals surface area contributed by atoms with Gasteiger partial charge in [0.15, 0.2) is 5.96 Å². The molecule has 1 aliphatic rings. The Balaban J connectivity index is 0.00000450. The summed E-state index contributed by atoms with van der Waals surface area (Å²) in [5, 5.41) is 3.30. The molecule has 1 fully saturated rings. The number of benzene rings is 1. The summed E-state index contributed by atoms with van der Waals surface area (Å²) in [5.74, 6) is 7.11. The van der Waals surface area contributed by atoms with Gasteiger partial charge in [0.25, 0.3) is 0 Å². The van der Waals surface area contributed by atoms with Crippen LogP contribution in [0.4, 0.5) is 13.2 Å². The van der Waals surface area contributed by atoms with Crippen molar-refractivity contribution in [2.45, 2.75) is 33.4 Å². The minimum Gasteiger partial charge on any atom is -0.356 e. The van der Waals surface area contributed by atoms with Crippen molar-refractivity contribution >= 4 is 29.9 Å². The average Bonchev–Trinajstić information content (AvgIpc) is 3.16. The van der Waals surface area contributed by atoms with Crippen molar-refractivity contribution in [2.24, 2.45) is 10.9 Å². The lowest BCUT2D eigenvalue weighted by atomic mass is 10.1. The number of halogens is 4. The lowest BCUT2D eigenvalue weighted by Crippen LogP contribution is -2.41. The SMILES string of the molecule is CCNC(=NCC#Cc1cccc(C(F)(F)F)c1)N1CCC(CN(CC)CC)C1.I. The fourth-order valence-corrected chi connectivity index (χ4v) is 3.48. The topological polar surface area (TPSA) is 30.9 Å². The van der Waals surface area contributed by atoms with E-state index in [0.29, 0.717) is 11.5 Å². The summed E-state index contributed by atoms with van der Waals surface area (Å²) in [6, 6.07) is 5.07. The molecular formula is C22H32F3IN4. The Bertz CT molecular complexity index is 736. The smallest absolute Gasteiger partial charge is 0.356 e. The van der Waals surface area contributed by atoms with E-state index in [2.05, 4.69) is 45.8 Å². The highest BCUT2D eigenvalue weighted by atomic mass is 127. The second kappa shape index (κ2) is 13.1. The van der Waals surface area contributed by atoms with Gasteiger partial charge in [-0.05, 0) is 50.6 Å². The summed E-state index contributed by atoms with van der Waals surface area (Å²) < 4.78 is 38.4. The third-order valence-corrected chi connectivity index (χ3v) is 5.06. The molecule has 0 radical (unpaired) electrons. The van der Waals surface area contributed by atoms with Crippen LogP contribution < -0.4 is 5.32 Å². The van der Waals surface area contributed by atoms with Gasteiger partial charge in [0.1, 0.15) is 6.54 Å². The number of aliphatic imine (C=N–C) groups is 1. The molecule has 1 saturated heterocycles. The van der Waals surface area contributed by atoms with Crippen LogP contribution in [0.25, 0.3) is 0 Å². The molecular weight excluding hydrogens is 504 g/mol. The molecule has 2 rings (SSSR count). The van der Waals surface area contributed by atoms with Gasteiger partial charge < -0.3 is 15.1 Å². The van der Waals surface area contributed by atoms with E-state index in [-0.39, 0.29) is 30.5 Å². The molecule has 4 nitrogen and oxygen atoms in total. The lowest BCUT2D eigenvalue weighted by molar-refractivity contribution is -0.137. The van der Waals surface area contributed by atoms with E-state index >= 15 is 0 Å². The van der Waals surface area contributed by atoms with Crippen molar-refractivity contribution in [2.75, 3.05) is 45.8 Å². The minimum absolute atomic E-state index is 0. The maximum atomic E-state index is 12.8. The van der Waals surface area contributed by atoms with Gasteiger partial charge in [-0.3, -0.25) is 0 Å². The van der Waals surface area contributed by atoms with Crippen molar-refractivity contribution in [3.63, 3.8) is 0 Å². The van der Waals surface area contributed by atoms with Crippen LogP contribution in [0.3, 0.4) is 0 Å². The number of guanidine groups is 1. The molecule has 1 aromatic rings. The van der Waals surface area contributed by atoms with Crippen molar-refractivity contribution in [1.82, 2.24) is 15.1 Å². The summed E-state index contributed by atoms with van der Waals surface area (Å²) in [6.45, 7) is 12.5. The Labute approximate surface area is 195 Å². The van der Waals surface area contributed by atoms with Crippen LogP contribution >= 0.6 is 24.0 Å². The van der Waals surface area contributed by atoms with E-state index in [4.69, 9.17) is 0 Å². The summed E-state index contributed by atoms with van der Waals surface area (Å²) >= 11 is 0. The predicted octanol–water partition coefficient (Wildman–Crippen LogP) is 4.30. The molecule has 8 heteroatoms. The van der Waals surface area contributed by atoms with Gasteiger partial charge in [-0.1, -0.05) is 31.8 Å². The molecule has 1 heterocycles. The maximum absolute atomic E-state index is 12.8. The third-order valence-electron chi connectivity index (χ3n) is 5.06. The van der Waals surface area contributed by atoms with Gasteiger partial charge >= 0.3 is 6.18 Å². The van der Waals surface area contributed by atoms with E-state index in [1.165, 1.54) is 6.07 Å². The number of likely N-dealkylation sites (tertiary alicyclic amines) is 1. The number of hydrogen-bond donors (Lipinski definition) is 1. The fraction of sp³-hybridized carbons (Fsp3) is 0.591. The Morgan fingerprint density at radius 2 is 2.00 bits per heavy atom. The molecule has 30 heavy (non-hydrogen) atoms. The molecule has 1 atom stereocenters. The standard InChI is InChI=1S/C22H31F3N4.HI/c1-4-26-21(29-14-12-19(17-29)16-28(5-2)6-3)27-13-8-10-18-9-7-11-20(15-18)22(23,24)25;/h7,9,11,15,19H,4-6,12-14,16-17H2,1-3H3,(H,26,27);1H. The normalized spacial score (nSPS) is 16.8.